The van der Waals surface area contributed by atoms with E-state index in [0.29, 0.717) is 9.84 Å². The smallest absolute Gasteiger partial charge is 0.344 e. The summed E-state index contributed by atoms with van der Waals surface area (Å²) in [5.74, 6) is 0. The summed E-state index contributed by atoms with van der Waals surface area (Å²) in [7, 11) is 8.68. The first-order chi connectivity index (χ1) is 32.4. The van der Waals surface area contributed by atoms with Gasteiger partial charge in [-0.15, -0.1) is 0 Å². The minimum Gasteiger partial charge on any atom is -0.344 e. The van der Waals surface area contributed by atoms with E-state index in [2.05, 4.69) is 252 Å². The zero-order valence-corrected chi connectivity index (χ0v) is 54.9. The molecule has 0 rings (SSSR count). The molecule has 2 N–H and O–H groups in total. The van der Waals surface area contributed by atoms with E-state index in [-0.39, 0.29) is 125 Å². The van der Waals surface area contributed by atoms with E-state index in [4.69, 9.17) is 74.4 Å². The molecule has 0 spiro atoms. The summed E-state index contributed by atoms with van der Waals surface area (Å²) in [5, 5.41) is 0. The zero-order chi connectivity index (χ0) is 62.0. The Balaban J connectivity index is -0.0000000132. The van der Waals surface area contributed by atoms with Crippen molar-refractivity contribution in [2.45, 2.75) is 114 Å². The van der Waals surface area contributed by atoms with E-state index in [1.165, 1.54) is 26.2 Å². The minimum atomic E-state index is -0.357. The Kier molecular flexibility index (Phi) is 677. The van der Waals surface area contributed by atoms with Gasteiger partial charge in [-0.2, -0.15) is 12.8 Å². The second-order valence-corrected chi connectivity index (χ2v) is 16.3. The fourth-order valence-electron chi connectivity index (χ4n) is 1.87. The van der Waals surface area contributed by atoms with Crippen molar-refractivity contribution in [3.05, 3.63) is 120 Å². The summed E-state index contributed by atoms with van der Waals surface area (Å²) in [6.45, 7) is 112. The number of hydrogen-bond donors (Lipinski definition) is 2. The third-order valence-electron chi connectivity index (χ3n) is 4.26. The second-order valence-electron chi connectivity index (χ2n) is 10.8. The molecule has 0 aliphatic heterocycles. The number of hydrogen-bond acceptors (Lipinski definition) is 6. The first-order valence-electron chi connectivity index (χ1n) is 17.1. The number of rotatable bonds is 10. The zero-order valence-electron chi connectivity index (χ0n) is 45.0. The standard InChI is InChI=1S/2C8H21N2Si.C5H15N2Si.2C3H7.16CO.4Co.Ni.H2Si/c1-7(2,3)9-11-10-8(4,5)6;1-5-9(6-2)11-10(7-3)8-4;1-6(2)8(5)7(3)4;2*1-3-2;16*1-2;;;;;;/h9-11H,1-6H3;11H,5-8H2,1-4H3;1-5H3;2*1,3H2,2H3;;;;;;;;;;;;;;;;;;;;;;1H2/q;;;2*-1;;;;;;;;;;;;;;;;;;;;;+2;. The molecule has 31 heteroatoms. The van der Waals surface area contributed by atoms with Crippen LogP contribution in [0.15, 0.2) is 0 Å². The Hall–Kier alpha value is -1.01. The molecule has 0 fully saturated rings. The Morgan fingerprint density at radius 2 is 0.486 bits per heavy atom. The molecule has 0 heterocycles. The summed E-state index contributed by atoms with van der Waals surface area (Å²) < 4.78 is 130. The van der Waals surface area contributed by atoms with Gasteiger partial charge in [-0.3, -0.25) is 0 Å². The maximum absolute atomic E-state index is 7.50. The fourth-order valence-corrected chi connectivity index (χ4v) is 4.73. The molecule has 0 aromatic rings. The van der Waals surface area contributed by atoms with E-state index < -0.39 is 0 Å². The van der Waals surface area contributed by atoms with E-state index >= 15 is 0 Å². The van der Waals surface area contributed by atoms with Gasteiger partial charge >= 0.3 is 197 Å². The minimum absolute atomic E-state index is 0. The van der Waals surface area contributed by atoms with E-state index in [0.717, 1.165) is 12.8 Å². The van der Waals surface area contributed by atoms with Crippen molar-refractivity contribution in [1.82, 2.24) is 28.2 Å². The van der Waals surface area contributed by atoms with Gasteiger partial charge in [0, 0.05) is 78.2 Å². The van der Waals surface area contributed by atoms with Crippen LogP contribution >= 0.6 is 0 Å². The maximum Gasteiger partial charge on any atom is 2.00 e. The molecule has 0 saturated heterocycles. The Morgan fingerprint density at radius 1 is 0.378 bits per heavy atom. The van der Waals surface area contributed by atoms with Crippen LogP contribution in [-0.4, -0.2) is 123 Å². The van der Waals surface area contributed by atoms with Crippen LogP contribution in [0.5, 0.6) is 0 Å². The van der Waals surface area contributed by atoms with Crippen LogP contribution in [0.3, 0.4) is 0 Å². The molecule has 0 aromatic heterocycles. The van der Waals surface area contributed by atoms with E-state index in [9.17, 15) is 0 Å². The van der Waals surface area contributed by atoms with Gasteiger partial charge in [-0.25, -0.2) is 0 Å². The molecule has 0 unspecified atom stereocenters. The predicted molar refractivity (Wildman–Crippen MR) is 248 cm³/mol. The van der Waals surface area contributed by atoms with Gasteiger partial charge in [0.25, 0.3) is 0 Å². The topological polar surface area (TPSA) is 355 Å². The summed E-state index contributed by atoms with van der Waals surface area (Å²) in [6, 6.07) is 0. The average molecular weight is 1340 g/mol. The third kappa shape index (κ3) is 477. The molecule has 74 heavy (non-hydrogen) atoms. The normalized spacial score (nSPS) is 5.95. The molecule has 9 radical (unpaired) electrons. The molecule has 0 atom stereocenters. The summed E-state index contributed by atoms with van der Waals surface area (Å²) in [5.41, 5.74) is 0.487. The molecule has 0 bridgehead atoms. The van der Waals surface area contributed by atoms with E-state index in [1.54, 1.807) is 0 Å². The van der Waals surface area contributed by atoms with Crippen LogP contribution in [-0.2, 0) is 158 Å². The van der Waals surface area contributed by atoms with Crippen molar-refractivity contribution in [3.8, 4) is 0 Å². The van der Waals surface area contributed by atoms with Gasteiger partial charge in [0.1, 0.15) is 0 Å². The summed E-state index contributed by atoms with van der Waals surface area (Å²) in [4.78, 5) is 6.90. The molecule has 22 nitrogen and oxygen atoms in total. The quantitative estimate of drug-likeness (QED) is 0.188. The molecule has 433 valence electrons. The third-order valence-corrected chi connectivity index (χ3v) is 11.0. The molecule has 0 saturated carbocycles. The van der Waals surface area contributed by atoms with Crippen molar-refractivity contribution >= 4 is 39.8 Å². The van der Waals surface area contributed by atoms with Gasteiger partial charge in [-0.05, 0) is 113 Å². The van der Waals surface area contributed by atoms with Crippen LogP contribution in [0.25, 0.3) is 0 Å². The fraction of sp³-hybridized carbons (Fsp3) is 0.581. The van der Waals surface area contributed by atoms with Crippen molar-refractivity contribution in [2.24, 2.45) is 0 Å². The van der Waals surface area contributed by atoms with Crippen molar-refractivity contribution in [1.29, 1.82) is 0 Å². The first kappa shape index (κ1) is 179. The van der Waals surface area contributed by atoms with Gasteiger partial charge in [0.2, 0.25) is 28.8 Å². The van der Waals surface area contributed by atoms with Crippen molar-refractivity contribution < 1.29 is 158 Å². The van der Waals surface area contributed by atoms with Gasteiger partial charge in [-0.1, -0.05) is 41.5 Å². The van der Waals surface area contributed by atoms with Crippen molar-refractivity contribution in [3.63, 3.8) is 0 Å². The van der Waals surface area contributed by atoms with Crippen LogP contribution in [0.4, 0.5) is 0 Å². The average Bonchev–Trinajstić information content (AvgIpc) is 3.41. The summed E-state index contributed by atoms with van der Waals surface area (Å²) in [6.07, 6.45) is 2.00. The second kappa shape index (κ2) is 280. The molecule has 0 aliphatic carbocycles. The van der Waals surface area contributed by atoms with Crippen LogP contribution in [0.2, 0.25) is 6.55 Å². The molecule has 0 amide bonds. The predicted octanol–water partition coefficient (Wildman–Crippen LogP) is 3.13. The molecule has 0 aromatic carbocycles. The molecular formula is C43H73Co4N6NiO16Si4. The monoisotopic (exact) mass is 1340 g/mol. The van der Waals surface area contributed by atoms with Crippen LogP contribution < -0.4 is 9.96 Å². The SMILES string of the molecule is CC(C)(C)N[SiH]NC(C)(C)C.CCN(CC)[SiH]N(CC)CC.CN(C)[Si](C)N(C)C.[C-]#[O+].[C-]#[O+].[C-]#[O+].[C-]#[O+].[C-]#[O+].[C-]#[O+].[C-]#[O+].[C-]#[O+].[C-]#[O+].[C-]#[O+].[C-]#[O+].[C-]#[O+].[C-]#[O+].[C-]#[O+].[C-]#[O+].[C-]#[O+].[CH2-]CC.[CH2-]CC.[Co].[Co].[Co].[Co].[Ni+2].[SiH2]. The first-order valence-corrected chi connectivity index (χ1v) is 21.2. The van der Waals surface area contributed by atoms with Crippen molar-refractivity contribution in [2.75, 3.05) is 54.4 Å². The van der Waals surface area contributed by atoms with Gasteiger partial charge in [0.05, 0.1) is 0 Å². The Morgan fingerprint density at radius 3 is 0.541 bits per heavy atom. The Labute approximate surface area is 510 Å². The maximum atomic E-state index is 7.50. The summed E-state index contributed by atoms with van der Waals surface area (Å²) >= 11 is 0. The van der Waals surface area contributed by atoms with Crippen LogP contribution in [0.1, 0.15) is 95.9 Å². The largest absolute Gasteiger partial charge is 2.00 e. The Bertz CT molecular complexity index is 887. The number of nitrogens with one attached hydrogen (secondary N) is 2. The number of nitrogens with zero attached hydrogens (tertiary/aromatic N) is 4. The van der Waals surface area contributed by atoms with E-state index in [1.807, 2.05) is 13.8 Å². The van der Waals surface area contributed by atoms with Gasteiger partial charge < -0.3 is 42.1 Å². The molecular weight excluding hydrogens is 1260 g/mol. The van der Waals surface area contributed by atoms with Gasteiger partial charge in [0.15, 0.2) is 0 Å². The molecule has 0 aliphatic rings. The van der Waals surface area contributed by atoms with Crippen LogP contribution in [0, 0.1) is 120 Å².